The molecule has 0 aromatic carbocycles. The number of hydrogen-bond acceptors (Lipinski definition) is 4. The summed E-state index contributed by atoms with van der Waals surface area (Å²) in [7, 11) is 3.52. The molecule has 0 aromatic rings. The first-order chi connectivity index (χ1) is 8.31. The van der Waals surface area contributed by atoms with E-state index in [4.69, 9.17) is 14.7 Å². The minimum Gasteiger partial charge on any atom is -0.383 e. The van der Waals surface area contributed by atoms with E-state index >= 15 is 0 Å². The van der Waals surface area contributed by atoms with Gasteiger partial charge in [-0.05, 0) is 25.7 Å². The highest BCUT2D eigenvalue weighted by atomic mass is 16.5. The Morgan fingerprint density at radius 3 is 2.76 bits per heavy atom. The minimum absolute atomic E-state index is 0.390. The van der Waals surface area contributed by atoms with Gasteiger partial charge in [0.15, 0.2) is 0 Å². The van der Waals surface area contributed by atoms with Crippen molar-refractivity contribution in [2.75, 3.05) is 33.9 Å². The third kappa shape index (κ3) is 5.03. The average Bonchev–Trinajstić information content (AvgIpc) is 2.39. The molecule has 0 spiro atoms. The van der Waals surface area contributed by atoms with Crippen molar-refractivity contribution in [3.05, 3.63) is 0 Å². The maximum absolute atomic E-state index is 8.70. The van der Waals surface area contributed by atoms with Crippen LogP contribution in [0.15, 0.2) is 0 Å². The highest BCUT2D eigenvalue weighted by Crippen LogP contribution is 2.24. The molecular weight excluding hydrogens is 216 g/mol. The molecule has 1 saturated carbocycles. The van der Waals surface area contributed by atoms with Crippen LogP contribution in [0.2, 0.25) is 0 Å². The molecule has 0 aliphatic heterocycles. The maximum Gasteiger partial charge on any atom is 0.0635 e. The lowest BCUT2D eigenvalue weighted by Gasteiger charge is -2.36. The van der Waals surface area contributed by atoms with Crippen molar-refractivity contribution in [3.63, 3.8) is 0 Å². The fraction of sp³-hybridized carbons (Fsp3) is 0.923. The molecule has 0 heterocycles. The van der Waals surface area contributed by atoms with E-state index in [2.05, 4.69) is 11.0 Å². The summed E-state index contributed by atoms with van der Waals surface area (Å²) in [5.41, 5.74) is 0. The van der Waals surface area contributed by atoms with Crippen molar-refractivity contribution in [1.82, 2.24) is 4.90 Å². The molecule has 4 heteroatoms. The number of ether oxygens (including phenoxy) is 2. The van der Waals surface area contributed by atoms with Crippen LogP contribution >= 0.6 is 0 Å². The van der Waals surface area contributed by atoms with Crippen molar-refractivity contribution >= 4 is 0 Å². The smallest absolute Gasteiger partial charge is 0.0635 e. The quantitative estimate of drug-likeness (QED) is 0.681. The zero-order valence-electron chi connectivity index (χ0n) is 11.0. The zero-order valence-corrected chi connectivity index (χ0v) is 11.0. The summed E-state index contributed by atoms with van der Waals surface area (Å²) >= 11 is 0. The van der Waals surface area contributed by atoms with E-state index in [1.807, 2.05) is 0 Å². The maximum atomic E-state index is 8.70. The van der Waals surface area contributed by atoms with Crippen molar-refractivity contribution in [2.45, 2.75) is 44.2 Å². The van der Waals surface area contributed by atoms with Gasteiger partial charge in [0.05, 0.1) is 18.8 Å². The van der Waals surface area contributed by atoms with E-state index in [1.54, 1.807) is 14.2 Å². The first kappa shape index (κ1) is 14.4. The van der Waals surface area contributed by atoms with Crippen LogP contribution in [0.5, 0.6) is 0 Å². The number of rotatable bonds is 7. The van der Waals surface area contributed by atoms with Gasteiger partial charge in [0.2, 0.25) is 0 Å². The van der Waals surface area contributed by atoms with Crippen molar-refractivity contribution in [1.29, 1.82) is 5.26 Å². The lowest BCUT2D eigenvalue weighted by molar-refractivity contribution is 0.0213. The topological polar surface area (TPSA) is 45.5 Å². The fourth-order valence-electron chi connectivity index (χ4n) is 2.55. The average molecular weight is 240 g/mol. The van der Waals surface area contributed by atoms with Gasteiger partial charge in [0, 0.05) is 39.8 Å². The Balaban J connectivity index is 2.45. The lowest BCUT2D eigenvalue weighted by atomic mass is 9.91. The summed E-state index contributed by atoms with van der Waals surface area (Å²) in [6.45, 7) is 2.50. The Morgan fingerprint density at radius 2 is 2.12 bits per heavy atom. The van der Waals surface area contributed by atoms with Crippen LogP contribution in [0.4, 0.5) is 0 Å². The minimum atomic E-state index is 0.390. The first-order valence-corrected chi connectivity index (χ1v) is 6.44. The Morgan fingerprint density at radius 1 is 1.29 bits per heavy atom. The Labute approximate surface area is 104 Å². The summed E-state index contributed by atoms with van der Waals surface area (Å²) in [6, 6.07) is 2.78. The summed E-state index contributed by atoms with van der Waals surface area (Å²) < 4.78 is 10.6. The largest absolute Gasteiger partial charge is 0.383 e. The zero-order chi connectivity index (χ0) is 12.5. The molecule has 1 fully saturated rings. The third-order valence-electron chi connectivity index (χ3n) is 3.54. The Hall–Kier alpha value is -0.630. The molecule has 1 aliphatic rings. The second-order valence-electron chi connectivity index (χ2n) is 4.62. The summed E-state index contributed by atoms with van der Waals surface area (Å²) in [5.74, 6) is 0. The molecule has 4 nitrogen and oxygen atoms in total. The Kier molecular flexibility index (Phi) is 7.18. The van der Waals surface area contributed by atoms with Gasteiger partial charge >= 0.3 is 0 Å². The molecule has 98 valence electrons. The van der Waals surface area contributed by atoms with Crippen LogP contribution in [0.3, 0.4) is 0 Å². The molecule has 0 saturated heterocycles. The van der Waals surface area contributed by atoms with Crippen LogP contribution in [-0.4, -0.2) is 51.0 Å². The molecule has 0 radical (unpaired) electrons. The highest BCUT2D eigenvalue weighted by molar-refractivity contribution is 4.83. The van der Waals surface area contributed by atoms with E-state index in [9.17, 15) is 0 Å². The van der Waals surface area contributed by atoms with E-state index in [0.29, 0.717) is 18.6 Å². The standard InChI is InChI=1S/C13H24N2O2/c1-16-10-9-15(8-4-7-14)12-5-3-6-13(11-12)17-2/h12-13H,3-6,8-11H2,1-2H3. The molecule has 1 aliphatic carbocycles. The highest BCUT2D eigenvalue weighted by Gasteiger charge is 2.26. The van der Waals surface area contributed by atoms with Gasteiger partial charge in [0.1, 0.15) is 0 Å². The van der Waals surface area contributed by atoms with Crippen LogP contribution in [-0.2, 0) is 9.47 Å². The summed E-state index contributed by atoms with van der Waals surface area (Å²) in [4.78, 5) is 2.39. The van der Waals surface area contributed by atoms with Crippen LogP contribution < -0.4 is 0 Å². The van der Waals surface area contributed by atoms with Gasteiger partial charge in [0.25, 0.3) is 0 Å². The van der Waals surface area contributed by atoms with Gasteiger partial charge in [-0.15, -0.1) is 0 Å². The predicted molar refractivity (Wildman–Crippen MR) is 66.7 cm³/mol. The molecule has 2 atom stereocenters. The monoisotopic (exact) mass is 240 g/mol. The first-order valence-electron chi connectivity index (χ1n) is 6.44. The molecule has 1 rings (SSSR count). The SMILES string of the molecule is COCCN(CCC#N)C1CCCC(OC)C1. The number of nitriles is 1. The molecule has 0 N–H and O–H groups in total. The molecule has 0 bridgehead atoms. The van der Waals surface area contributed by atoms with Crippen molar-refractivity contribution < 1.29 is 9.47 Å². The van der Waals surface area contributed by atoms with Crippen molar-refractivity contribution in [2.24, 2.45) is 0 Å². The fourth-order valence-corrected chi connectivity index (χ4v) is 2.55. The molecule has 0 aromatic heterocycles. The number of hydrogen-bond donors (Lipinski definition) is 0. The number of nitrogens with zero attached hydrogens (tertiary/aromatic N) is 2. The summed E-state index contributed by atoms with van der Waals surface area (Å²) in [5, 5.41) is 8.70. The van der Waals surface area contributed by atoms with E-state index in [-0.39, 0.29) is 0 Å². The van der Waals surface area contributed by atoms with E-state index < -0.39 is 0 Å². The van der Waals surface area contributed by atoms with Gasteiger partial charge < -0.3 is 9.47 Å². The van der Waals surface area contributed by atoms with Crippen molar-refractivity contribution in [3.8, 4) is 6.07 Å². The van der Waals surface area contributed by atoms with E-state index in [1.165, 1.54) is 19.3 Å². The lowest BCUT2D eigenvalue weighted by Crippen LogP contribution is -2.42. The van der Waals surface area contributed by atoms with Gasteiger partial charge in [-0.3, -0.25) is 4.90 Å². The van der Waals surface area contributed by atoms with Crippen LogP contribution in [0.25, 0.3) is 0 Å². The van der Waals surface area contributed by atoms with Crippen LogP contribution in [0, 0.1) is 11.3 Å². The van der Waals surface area contributed by atoms with Gasteiger partial charge in [-0.25, -0.2) is 0 Å². The van der Waals surface area contributed by atoms with Gasteiger partial charge in [-0.2, -0.15) is 5.26 Å². The van der Waals surface area contributed by atoms with Gasteiger partial charge in [-0.1, -0.05) is 0 Å². The molecule has 0 amide bonds. The second-order valence-corrected chi connectivity index (χ2v) is 4.62. The normalized spacial score (nSPS) is 24.8. The van der Waals surface area contributed by atoms with Crippen LogP contribution in [0.1, 0.15) is 32.1 Å². The Bertz CT molecular complexity index is 240. The number of methoxy groups -OCH3 is 2. The third-order valence-corrected chi connectivity index (χ3v) is 3.54. The molecule has 17 heavy (non-hydrogen) atoms. The van der Waals surface area contributed by atoms with E-state index in [0.717, 1.165) is 26.1 Å². The molecule has 2 unspecified atom stereocenters. The summed E-state index contributed by atoms with van der Waals surface area (Å²) in [6.07, 6.45) is 5.68. The predicted octanol–water partition coefficient (Wildman–Crippen LogP) is 1.81. The molecular formula is C13H24N2O2. The second kappa shape index (κ2) is 8.46.